The van der Waals surface area contributed by atoms with Crippen LogP contribution >= 0.6 is 0 Å². The number of rotatable bonds is 3. The molecule has 0 amide bonds. The SMILES string of the molecule is C[C@@H]1O[C@@H](Oc2c(-c3ccc(O)c(O)c3)oc3cc(O)cc(O)c3c2=O)[C@H](O)[C@H](O)[C@H]1O.O=C1CCCCC1. The number of aliphatic hydroxyl groups excluding tert-OH is 3. The Bertz CT molecular complexity index is 1410. The van der Waals surface area contributed by atoms with Gasteiger partial charge in [-0.1, -0.05) is 6.42 Å². The highest BCUT2D eigenvalue weighted by molar-refractivity contribution is 5.88. The molecule has 1 saturated carbocycles. The van der Waals surface area contributed by atoms with Crippen LogP contribution in [0.1, 0.15) is 39.0 Å². The number of ether oxygens (including phenoxy) is 2. The Morgan fingerprint density at radius 3 is 2.13 bits per heavy atom. The second-order valence-corrected chi connectivity index (χ2v) is 9.53. The van der Waals surface area contributed by atoms with Crippen molar-refractivity contribution in [3.8, 4) is 40.1 Å². The van der Waals surface area contributed by atoms with Crippen LogP contribution in [0.15, 0.2) is 39.5 Å². The van der Waals surface area contributed by atoms with E-state index in [1.165, 1.54) is 19.4 Å². The molecule has 5 rings (SSSR count). The third-order valence-corrected chi connectivity index (χ3v) is 6.61. The molecule has 0 unspecified atom stereocenters. The molecule has 0 spiro atoms. The summed E-state index contributed by atoms with van der Waals surface area (Å²) in [4.78, 5) is 23.7. The summed E-state index contributed by atoms with van der Waals surface area (Å²) in [6.45, 7) is 1.42. The summed E-state index contributed by atoms with van der Waals surface area (Å²) in [5.74, 6) is -2.33. The maximum atomic E-state index is 13.2. The molecule has 2 heterocycles. The fraction of sp³-hybridized carbons (Fsp3) is 0.407. The molecule has 7 N–H and O–H groups in total. The predicted molar refractivity (Wildman–Crippen MR) is 136 cm³/mol. The molecular weight excluding hydrogens is 516 g/mol. The molecular formula is C27H30O12. The molecule has 3 aromatic rings. The van der Waals surface area contributed by atoms with Crippen LogP contribution in [0.5, 0.6) is 28.7 Å². The molecule has 1 aliphatic heterocycles. The minimum absolute atomic E-state index is 0.0658. The van der Waals surface area contributed by atoms with Crippen molar-refractivity contribution in [2.75, 3.05) is 0 Å². The summed E-state index contributed by atoms with van der Waals surface area (Å²) in [6.07, 6.45) is -2.11. The molecule has 1 saturated heterocycles. The Hall–Kier alpha value is -3.84. The van der Waals surface area contributed by atoms with Gasteiger partial charge in [0.05, 0.1) is 6.10 Å². The van der Waals surface area contributed by atoms with E-state index in [1.54, 1.807) is 0 Å². The molecule has 2 fully saturated rings. The van der Waals surface area contributed by atoms with Gasteiger partial charge in [0.1, 0.15) is 46.6 Å². The lowest BCUT2D eigenvalue weighted by Crippen LogP contribution is -2.58. The summed E-state index contributed by atoms with van der Waals surface area (Å²) >= 11 is 0. The molecule has 0 bridgehead atoms. The molecule has 12 nitrogen and oxygen atoms in total. The fourth-order valence-corrected chi connectivity index (χ4v) is 4.40. The van der Waals surface area contributed by atoms with Gasteiger partial charge in [-0.3, -0.25) is 9.59 Å². The van der Waals surface area contributed by atoms with E-state index in [-0.39, 0.29) is 28.0 Å². The summed E-state index contributed by atoms with van der Waals surface area (Å²) in [5, 5.41) is 69.2. The number of hydrogen-bond acceptors (Lipinski definition) is 12. The fourth-order valence-electron chi connectivity index (χ4n) is 4.40. The van der Waals surface area contributed by atoms with Gasteiger partial charge in [-0.05, 0) is 38.0 Å². The van der Waals surface area contributed by atoms with Crippen molar-refractivity contribution < 1.29 is 54.4 Å². The third kappa shape index (κ3) is 5.93. The zero-order valence-electron chi connectivity index (χ0n) is 21.0. The first kappa shape index (κ1) is 28.2. The topological polar surface area (TPSA) is 207 Å². The van der Waals surface area contributed by atoms with Crippen molar-refractivity contribution in [1.82, 2.24) is 0 Å². The van der Waals surface area contributed by atoms with Gasteiger partial charge in [0, 0.05) is 30.5 Å². The smallest absolute Gasteiger partial charge is 0.239 e. The van der Waals surface area contributed by atoms with E-state index in [1.807, 2.05) is 0 Å². The Kier molecular flexibility index (Phi) is 8.31. The average molecular weight is 547 g/mol. The van der Waals surface area contributed by atoms with Gasteiger partial charge in [-0.15, -0.1) is 0 Å². The number of fused-ring (bicyclic) bond motifs is 1. The molecule has 2 aromatic carbocycles. The van der Waals surface area contributed by atoms with Crippen molar-refractivity contribution in [3.05, 3.63) is 40.6 Å². The van der Waals surface area contributed by atoms with E-state index in [2.05, 4.69) is 0 Å². The van der Waals surface area contributed by atoms with Crippen LogP contribution in [0.2, 0.25) is 0 Å². The Labute approximate surface area is 221 Å². The average Bonchev–Trinajstić information content (AvgIpc) is 2.89. The quantitative estimate of drug-likeness (QED) is 0.235. The van der Waals surface area contributed by atoms with Crippen LogP contribution in [0.4, 0.5) is 0 Å². The monoisotopic (exact) mass is 546 g/mol. The maximum absolute atomic E-state index is 13.2. The van der Waals surface area contributed by atoms with E-state index in [0.29, 0.717) is 5.78 Å². The molecule has 39 heavy (non-hydrogen) atoms. The lowest BCUT2D eigenvalue weighted by molar-refractivity contribution is -0.268. The molecule has 12 heteroatoms. The summed E-state index contributed by atoms with van der Waals surface area (Å²) in [6, 6.07) is 5.51. The highest BCUT2D eigenvalue weighted by atomic mass is 16.7. The standard InChI is InChI=1S/C21H20O11.C6H10O/c1-7-15(26)17(28)18(29)21(30-7)32-20-16(27)14-12(25)5-9(22)6-13(14)31-19(20)8-2-3-10(23)11(24)4-8;7-6-4-2-1-3-5-6/h2-7,15,17-18,21-26,28-29H,1H3;1-5H2/t7-,15-,17+,18+,21-;/m0./s1. The van der Waals surface area contributed by atoms with Crippen LogP contribution in [0.25, 0.3) is 22.3 Å². The number of hydrogen-bond donors (Lipinski definition) is 7. The van der Waals surface area contributed by atoms with Gasteiger partial charge >= 0.3 is 0 Å². The van der Waals surface area contributed by atoms with Crippen LogP contribution in [-0.4, -0.2) is 72.2 Å². The normalized spacial score (nSPS) is 25.1. The summed E-state index contributed by atoms with van der Waals surface area (Å²) in [7, 11) is 0. The van der Waals surface area contributed by atoms with Crippen LogP contribution in [0, 0.1) is 0 Å². The van der Waals surface area contributed by atoms with Gasteiger partial charge in [0.15, 0.2) is 17.3 Å². The van der Waals surface area contributed by atoms with Crippen molar-refractivity contribution in [2.24, 2.45) is 0 Å². The van der Waals surface area contributed by atoms with E-state index in [4.69, 9.17) is 13.9 Å². The van der Waals surface area contributed by atoms with Gasteiger partial charge < -0.3 is 49.6 Å². The second-order valence-electron chi connectivity index (χ2n) is 9.53. The van der Waals surface area contributed by atoms with E-state index in [0.717, 1.165) is 49.9 Å². The van der Waals surface area contributed by atoms with Gasteiger partial charge in [0.25, 0.3) is 0 Å². The van der Waals surface area contributed by atoms with Gasteiger partial charge in [0.2, 0.25) is 17.5 Å². The number of Topliss-reactive ketones (excluding diaryl/α,β-unsaturated/α-hetero) is 1. The lowest BCUT2D eigenvalue weighted by atomic mass is 10.00. The van der Waals surface area contributed by atoms with E-state index >= 15 is 0 Å². The van der Waals surface area contributed by atoms with Crippen molar-refractivity contribution in [2.45, 2.75) is 69.7 Å². The van der Waals surface area contributed by atoms with Crippen molar-refractivity contribution in [1.29, 1.82) is 0 Å². The number of benzene rings is 2. The molecule has 210 valence electrons. The number of aliphatic hydroxyl groups is 3. The maximum Gasteiger partial charge on any atom is 0.239 e. The molecule has 0 radical (unpaired) electrons. The molecule has 2 aliphatic rings. The van der Waals surface area contributed by atoms with Crippen molar-refractivity contribution in [3.63, 3.8) is 0 Å². The highest BCUT2D eigenvalue weighted by Gasteiger charge is 2.44. The molecule has 1 aliphatic carbocycles. The number of ketones is 1. The second kappa shape index (κ2) is 11.5. The number of carbonyl (C=O) groups excluding carboxylic acids is 1. The first-order chi connectivity index (χ1) is 18.5. The lowest BCUT2D eigenvalue weighted by Gasteiger charge is -2.38. The first-order valence-electron chi connectivity index (χ1n) is 12.4. The van der Waals surface area contributed by atoms with Crippen LogP contribution in [0.3, 0.4) is 0 Å². The van der Waals surface area contributed by atoms with Gasteiger partial charge in [-0.2, -0.15) is 0 Å². The minimum Gasteiger partial charge on any atom is -0.508 e. The zero-order valence-corrected chi connectivity index (χ0v) is 21.0. The zero-order chi connectivity index (χ0) is 28.4. The van der Waals surface area contributed by atoms with E-state index < -0.39 is 59.1 Å². The van der Waals surface area contributed by atoms with Crippen LogP contribution in [-0.2, 0) is 9.53 Å². The Balaban J connectivity index is 0.000000438. The Morgan fingerprint density at radius 1 is 0.821 bits per heavy atom. The third-order valence-electron chi connectivity index (χ3n) is 6.61. The van der Waals surface area contributed by atoms with Crippen molar-refractivity contribution >= 4 is 16.8 Å². The Morgan fingerprint density at radius 2 is 1.51 bits per heavy atom. The highest BCUT2D eigenvalue weighted by Crippen LogP contribution is 2.39. The number of phenols is 4. The predicted octanol–water partition coefficient (Wildman–Crippen LogP) is 2.01. The number of carbonyl (C=O) groups is 1. The summed E-state index contributed by atoms with van der Waals surface area (Å²) < 4.78 is 16.6. The molecule has 5 atom stereocenters. The van der Waals surface area contributed by atoms with Gasteiger partial charge in [-0.25, -0.2) is 0 Å². The first-order valence-corrected chi connectivity index (χ1v) is 12.4. The summed E-state index contributed by atoms with van der Waals surface area (Å²) in [5.41, 5.74) is -1.05. The van der Waals surface area contributed by atoms with Crippen LogP contribution < -0.4 is 10.2 Å². The number of aromatic hydroxyl groups is 4. The molecule has 1 aromatic heterocycles. The minimum atomic E-state index is -1.74. The largest absolute Gasteiger partial charge is 0.508 e. The number of phenolic OH excluding ortho intramolecular Hbond substituents is 4. The van der Waals surface area contributed by atoms with E-state index in [9.17, 15) is 45.3 Å².